The fourth-order valence-corrected chi connectivity index (χ4v) is 2.20. The summed E-state index contributed by atoms with van der Waals surface area (Å²) in [5.41, 5.74) is 6.44. The lowest BCUT2D eigenvalue weighted by molar-refractivity contribution is -0.137. The van der Waals surface area contributed by atoms with Crippen molar-refractivity contribution in [1.82, 2.24) is 0 Å². The molecule has 0 fully saturated rings. The zero-order valence-electron chi connectivity index (χ0n) is 8.92. The summed E-state index contributed by atoms with van der Waals surface area (Å²) in [6, 6.07) is 2.87. The Morgan fingerprint density at radius 2 is 2.00 bits per heavy atom. The van der Waals surface area contributed by atoms with Crippen molar-refractivity contribution >= 4 is 40.8 Å². The maximum atomic E-state index is 10.4. The van der Waals surface area contributed by atoms with E-state index in [1.807, 2.05) is 0 Å². The fraction of sp³-hybridized carbons (Fsp3) is 0.364. The van der Waals surface area contributed by atoms with Gasteiger partial charge in [-0.3, -0.25) is 4.79 Å². The topological polar surface area (TPSA) is 63.3 Å². The van der Waals surface area contributed by atoms with E-state index in [0.717, 1.165) is 5.56 Å². The van der Waals surface area contributed by atoms with E-state index in [9.17, 15) is 4.79 Å². The highest BCUT2D eigenvalue weighted by Crippen LogP contribution is 2.30. The molecule has 6 heteroatoms. The summed E-state index contributed by atoms with van der Waals surface area (Å²) >= 11 is 17.7. The summed E-state index contributed by atoms with van der Waals surface area (Å²) in [7, 11) is 0. The molecule has 0 aliphatic rings. The van der Waals surface area contributed by atoms with Crippen LogP contribution < -0.4 is 5.73 Å². The predicted molar refractivity (Wildman–Crippen MR) is 70.0 cm³/mol. The highest BCUT2D eigenvalue weighted by Gasteiger charge is 2.11. The molecule has 0 bridgehead atoms. The molecule has 94 valence electrons. The standard InChI is InChI=1S/C11H12Cl3NO2/c12-7-3-6(11(14)9(13)4-7)1-2-8(15)5-10(16)17/h3-4,8H,1-2,5,15H2,(H,16,17). The summed E-state index contributed by atoms with van der Waals surface area (Å²) in [5.74, 6) is -0.910. The summed E-state index contributed by atoms with van der Waals surface area (Å²) in [4.78, 5) is 10.4. The van der Waals surface area contributed by atoms with Crippen LogP contribution in [0.5, 0.6) is 0 Å². The van der Waals surface area contributed by atoms with Gasteiger partial charge in [0.25, 0.3) is 0 Å². The third-order valence-electron chi connectivity index (χ3n) is 2.29. The summed E-state index contributed by atoms with van der Waals surface area (Å²) in [5, 5.41) is 9.91. The lowest BCUT2D eigenvalue weighted by Gasteiger charge is -2.10. The molecule has 1 aromatic carbocycles. The predicted octanol–water partition coefficient (Wildman–Crippen LogP) is 3.38. The van der Waals surface area contributed by atoms with Crippen molar-refractivity contribution in [2.24, 2.45) is 5.73 Å². The van der Waals surface area contributed by atoms with Crippen LogP contribution in [0.15, 0.2) is 12.1 Å². The normalized spacial score (nSPS) is 12.5. The van der Waals surface area contributed by atoms with Crippen LogP contribution in [-0.2, 0) is 11.2 Å². The Balaban J connectivity index is 2.66. The van der Waals surface area contributed by atoms with Crippen LogP contribution in [0.4, 0.5) is 0 Å². The van der Waals surface area contributed by atoms with Crippen molar-refractivity contribution < 1.29 is 9.90 Å². The Kier molecular flexibility index (Phi) is 5.53. The fourth-order valence-electron chi connectivity index (χ4n) is 1.46. The summed E-state index contributed by atoms with van der Waals surface area (Å²) in [6.07, 6.45) is 1.00. The van der Waals surface area contributed by atoms with E-state index in [-0.39, 0.29) is 6.42 Å². The highest BCUT2D eigenvalue weighted by atomic mass is 35.5. The lowest BCUT2D eigenvalue weighted by atomic mass is 10.0. The Labute approximate surface area is 114 Å². The number of rotatable bonds is 5. The zero-order valence-corrected chi connectivity index (χ0v) is 11.2. The van der Waals surface area contributed by atoms with Gasteiger partial charge in [-0.15, -0.1) is 0 Å². The zero-order chi connectivity index (χ0) is 13.0. The van der Waals surface area contributed by atoms with Crippen molar-refractivity contribution in [2.45, 2.75) is 25.3 Å². The van der Waals surface area contributed by atoms with Crippen LogP contribution >= 0.6 is 34.8 Å². The van der Waals surface area contributed by atoms with Crippen LogP contribution in [-0.4, -0.2) is 17.1 Å². The van der Waals surface area contributed by atoms with Gasteiger partial charge in [0.15, 0.2) is 0 Å². The van der Waals surface area contributed by atoms with Gasteiger partial charge in [-0.2, -0.15) is 0 Å². The highest BCUT2D eigenvalue weighted by molar-refractivity contribution is 6.43. The van der Waals surface area contributed by atoms with Gasteiger partial charge in [0, 0.05) is 11.1 Å². The number of hydrogen-bond acceptors (Lipinski definition) is 2. The van der Waals surface area contributed by atoms with Gasteiger partial charge in [0.1, 0.15) is 0 Å². The van der Waals surface area contributed by atoms with Crippen molar-refractivity contribution in [3.63, 3.8) is 0 Å². The molecular formula is C11H12Cl3NO2. The van der Waals surface area contributed by atoms with Gasteiger partial charge in [0.05, 0.1) is 16.5 Å². The lowest BCUT2D eigenvalue weighted by Crippen LogP contribution is -2.24. The number of nitrogens with two attached hydrogens (primary N) is 1. The molecule has 0 saturated heterocycles. The van der Waals surface area contributed by atoms with Crippen molar-refractivity contribution in [3.8, 4) is 0 Å². The molecule has 1 unspecified atom stereocenters. The molecule has 17 heavy (non-hydrogen) atoms. The van der Waals surface area contributed by atoms with Crippen LogP contribution in [0.2, 0.25) is 15.1 Å². The second-order valence-corrected chi connectivity index (χ2v) is 4.98. The van der Waals surface area contributed by atoms with E-state index >= 15 is 0 Å². The molecule has 3 nitrogen and oxygen atoms in total. The second-order valence-electron chi connectivity index (χ2n) is 3.76. The smallest absolute Gasteiger partial charge is 0.304 e. The minimum Gasteiger partial charge on any atom is -0.481 e. The van der Waals surface area contributed by atoms with Crippen LogP contribution in [0.1, 0.15) is 18.4 Å². The van der Waals surface area contributed by atoms with E-state index in [4.69, 9.17) is 45.6 Å². The quantitative estimate of drug-likeness (QED) is 0.819. The molecule has 0 radical (unpaired) electrons. The summed E-state index contributed by atoms with van der Waals surface area (Å²) in [6.45, 7) is 0. The molecule has 0 spiro atoms. The molecule has 3 N–H and O–H groups in total. The van der Waals surface area contributed by atoms with E-state index in [1.54, 1.807) is 12.1 Å². The van der Waals surface area contributed by atoms with Crippen molar-refractivity contribution in [3.05, 3.63) is 32.8 Å². The first kappa shape index (κ1) is 14.6. The monoisotopic (exact) mass is 295 g/mol. The van der Waals surface area contributed by atoms with Crippen LogP contribution in [0, 0.1) is 0 Å². The largest absolute Gasteiger partial charge is 0.481 e. The number of hydrogen-bond donors (Lipinski definition) is 2. The Morgan fingerprint density at radius 3 is 2.59 bits per heavy atom. The van der Waals surface area contributed by atoms with Gasteiger partial charge in [-0.25, -0.2) is 0 Å². The first-order valence-corrected chi connectivity index (χ1v) is 6.14. The molecule has 0 saturated carbocycles. The SMILES string of the molecule is NC(CCc1cc(Cl)cc(Cl)c1Cl)CC(=O)O. The first-order valence-electron chi connectivity index (χ1n) is 5.01. The number of halogens is 3. The van der Waals surface area contributed by atoms with Gasteiger partial charge in [0.2, 0.25) is 0 Å². The molecule has 0 aromatic heterocycles. The molecule has 1 aromatic rings. The molecule has 0 aliphatic carbocycles. The van der Waals surface area contributed by atoms with E-state index in [0.29, 0.717) is 27.9 Å². The number of carboxylic acids is 1. The van der Waals surface area contributed by atoms with Crippen LogP contribution in [0.25, 0.3) is 0 Å². The third kappa shape index (κ3) is 4.72. The second kappa shape index (κ2) is 6.45. The maximum Gasteiger partial charge on any atom is 0.304 e. The number of benzene rings is 1. The molecular weight excluding hydrogens is 284 g/mol. The number of aliphatic carboxylic acids is 1. The van der Waals surface area contributed by atoms with E-state index in [1.165, 1.54) is 0 Å². The number of carboxylic acid groups (broad SMARTS) is 1. The molecule has 1 atom stereocenters. The van der Waals surface area contributed by atoms with Crippen LogP contribution in [0.3, 0.4) is 0 Å². The Morgan fingerprint density at radius 1 is 1.35 bits per heavy atom. The van der Waals surface area contributed by atoms with Crippen molar-refractivity contribution in [2.75, 3.05) is 0 Å². The third-order valence-corrected chi connectivity index (χ3v) is 3.35. The van der Waals surface area contributed by atoms with Crippen molar-refractivity contribution in [1.29, 1.82) is 0 Å². The number of aryl methyl sites for hydroxylation is 1. The van der Waals surface area contributed by atoms with Gasteiger partial charge < -0.3 is 10.8 Å². The maximum absolute atomic E-state index is 10.4. The average Bonchev–Trinajstić information content (AvgIpc) is 2.20. The minimum atomic E-state index is -0.910. The molecule has 0 aliphatic heterocycles. The Hall–Kier alpha value is -0.480. The van der Waals surface area contributed by atoms with E-state index < -0.39 is 12.0 Å². The summed E-state index contributed by atoms with van der Waals surface area (Å²) < 4.78 is 0. The Bertz CT molecular complexity index is 423. The van der Waals surface area contributed by atoms with Gasteiger partial charge in [-0.05, 0) is 30.5 Å². The minimum absolute atomic E-state index is 0.0636. The first-order chi connectivity index (χ1) is 7.90. The molecule has 0 heterocycles. The number of carbonyl (C=O) groups is 1. The average molecular weight is 297 g/mol. The molecule has 1 rings (SSSR count). The van der Waals surface area contributed by atoms with Gasteiger partial charge in [-0.1, -0.05) is 34.8 Å². The van der Waals surface area contributed by atoms with Gasteiger partial charge >= 0.3 is 5.97 Å². The van der Waals surface area contributed by atoms with E-state index in [2.05, 4.69) is 0 Å². The molecule has 0 amide bonds.